The maximum atomic E-state index is 5.70. The molecule has 130 valence electrons. The first kappa shape index (κ1) is 17.2. The number of nitrogens with zero attached hydrogens (tertiary/aromatic N) is 3. The number of fused-ring (bicyclic) bond motifs is 1. The zero-order valence-corrected chi connectivity index (χ0v) is 15.4. The lowest BCUT2D eigenvalue weighted by molar-refractivity contribution is 0.353. The van der Waals surface area contributed by atoms with Crippen molar-refractivity contribution in [3.8, 4) is 17.0 Å². The molecule has 4 nitrogen and oxygen atoms in total. The molecule has 0 radical (unpaired) electrons. The molecule has 0 aliphatic heterocycles. The standard InChI is InChI=1S/C21H25N3O/c1-15(2)14-25-18-10-8-17(9-11-18)20-19(13-23(4)5)24-12-6-7-16(3)21(24)22-20/h6-12H,1,13-14H2,2-5H3. The smallest absolute Gasteiger partial charge is 0.140 e. The van der Waals surface area contributed by atoms with Gasteiger partial charge < -0.3 is 14.0 Å². The van der Waals surface area contributed by atoms with E-state index in [4.69, 9.17) is 9.72 Å². The summed E-state index contributed by atoms with van der Waals surface area (Å²) < 4.78 is 7.89. The highest BCUT2D eigenvalue weighted by Gasteiger charge is 2.15. The Hall–Kier alpha value is -2.59. The summed E-state index contributed by atoms with van der Waals surface area (Å²) in [6.45, 7) is 9.29. The maximum absolute atomic E-state index is 5.70. The van der Waals surface area contributed by atoms with Gasteiger partial charge in [-0.25, -0.2) is 4.98 Å². The Labute approximate surface area is 149 Å². The number of imidazole rings is 1. The maximum Gasteiger partial charge on any atom is 0.140 e. The Balaban J connectivity index is 2.02. The second-order valence-electron chi connectivity index (χ2n) is 6.80. The van der Waals surface area contributed by atoms with Gasteiger partial charge in [0.25, 0.3) is 0 Å². The number of ether oxygens (including phenoxy) is 1. The molecule has 2 aromatic heterocycles. The topological polar surface area (TPSA) is 29.8 Å². The Morgan fingerprint density at radius 1 is 1.20 bits per heavy atom. The van der Waals surface area contributed by atoms with Crippen molar-refractivity contribution in [1.82, 2.24) is 14.3 Å². The van der Waals surface area contributed by atoms with Crippen molar-refractivity contribution in [2.45, 2.75) is 20.4 Å². The first-order valence-corrected chi connectivity index (χ1v) is 8.44. The van der Waals surface area contributed by atoms with Crippen molar-refractivity contribution in [3.63, 3.8) is 0 Å². The highest BCUT2D eigenvalue weighted by molar-refractivity contribution is 5.68. The minimum absolute atomic E-state index is 0.540. The fraction of sp³-hybridized carbons (Fsp3) is 0.286. The number of aromatic nitrogens is 2. The SMILES string of the molecule is C=C(C)COc1ccc(-c2nc3c(C)cccn3c2CN(C)C)cc1. The summed E-state index contributed by atoms with van der Waals surface area (Å²) >= 11 is 0. The minimum Gasteiger partial charge on any atom is -0.489 e. The molecule has 0 atom stereocenters. The summed E-state index contributed by atoms with van der Waals surface area (Å²) in [6, 6.07) is 12.3. The highest BCUT2D eigenvalue weighted by atomic mass is 16.5. The largest absolute Gasteiger partial charge is 0.489 e. The van der Waals surface area contributed by atoms with Gasteiger partial charge >= 0.3 is 0 Å². The molecular weight excluding hydrogens is 310 g/mol. The van der Waals surface area contributed by atoms with Crippen molar-refractivity contribution in [1.29, 1.82) is 0 Å². The summed E-state index contributed by atoms with van der Waals surface area (Å²) in [5.74, 6) is 0.848. The fourth-order valence-electron chi connectivity index (χ4n) is 2.85. The van der Waals surface area contributed by atoms with E-state index in [1.807, 2.05) is 19.1 Å². The van der Waals surface area contributed by atoms with Crippen LogP contribution < -0.4 is 4.74 Å². The summed E-state index contributed by atoms with van der Waals surface area (Å²) in [7, 11) is 4.15. The molecular formula is C21H25N3O. The van der Waals surface area contributed by atoms with Crippen LogP contribution >= 0.6 is 0 Å². The summed E-state index contributed by atoms with van der Waals surface area (Å²) in [5, 5.41) is 0. The lowest BCUT2D eigenvalue weighted by Crippen LogP contribution is -2.13. The van der Waals surface area contributed by atoms with Gasteiger partial charge in [-0.15, -0.1) is 0 Å². The van der Waals surface area contributed by atoms with E-state index in [1.54, 1.807) is 0 Å². The van der Waals surface area contributed by atoms with Gasteiger partial charge in [-0.1, -0.05) is 12.6 Å². The average molecular weight is 335 g/mol. The van der Waals surface area contributed by atoms with E-state index in [2.05, 4.69) is 67.4 Å². The van der Waals surface area contributed by atoms with Gasteiger partial charge in [-0.05, 0) is 69.4 Å². The molecule has 0 saturated carbocycles. The summed E-state index contributed by atoms with van der Waals surface area (Å²) in [4.78, 5) is 7.09. The molecule has 3 rings (SSSR count). The Kier molecular flexibility index (Phi) is 4.91. The molecule has 3 aromatic rings. The monoisotopic (exact) mass is 335 g/mol. The lowest BCUT2D eigenvalue weighted by atomic mass is 10.1. The molecule has 0 amide bonds. The van der Waals surface area contributed by atoms with Crippen LogP contribution in [0.1, 0.15) is 18.2 Å². The van der Waals surface area contributed by atoms with Crippen LogP contribution in [0.5, 0.6) is 5.75 Å². The first-order chi connectivity index (χ1) is 12.0. The van der Waals surface area contributed by atoms with Gasteiger partial charge in [-0.3, -0.25) is 0 Å². The van der Waals surface area contributed by atoms with E-state index in [0.29, 0.717) is 6.61 Å². The van der Waals surface area contributed by atoms with Gasteiger partial charge in [0.15, 0.2) is 0 Å². The van der Waals surface area contributed by atoms with E-state index in [9.17, 15) is 0 Å². The molecule has 25 heavy (non-hydrogen) atoms. The third kappa shape index (κ3) is 3.74. The van der Waals surface area contributed by atoms with E-state index in [0.717, 1.165) is 34.8 Å². The molecule has 0 aliphatic carbocycles. The van der Waals surface area contributed by atoms with Crippen LogP contribution in [0.15, 0.2) is 54.7 Å². The Bertz CT molecular complexity index is 891. The predicted molar refractivity (Wildman–Crippen MR) is 103 cm³/mol. The number of hydrogen-bond acceptors (Lipinski definition) is 3. The Morgan fingerprint density at radius 3 is 2.56 bits per heavy atom. The second kappa shape index (κ2) is 7.11. The van der Waals surface area contributed by atoms with Gasteiger partial charge in [0.2, 0.25) is 0 Å². The van der Waals surface area contributed by atoms with Crippen LogP contribution in [0.2, 0.25) is 0 Å². The molecule has 0 unspecified atom stereocenters. The molecule has 0 bridgehead atoms. The van der Waals surface area contributed by atoms with Crippen molar-refractivity contribution < 1.29 is 4.74 Å². The second-order valence-corrected chi connectivity index (χ2v) is 6.80. The van der Waals surface area contributed by atoms with Crippen LogP contribution in [0.3, 0.4) is 0 Å². The predicted octanol–water partition coefficient (Wildman–Crippen LogP) is 4.33. The van der Waals surface area contributed by atoms with Gasteiger partial charge in [0, 0.05) is 18.3 Å². The van der Waals surface area contributed by atoms with Crippen molar-refractivity contribution in [3.05, 3.63) is 66.0 Å². The minimum atomic E-state index is 0.540. The van der Waals surface area contributed by atoms with E-state index in [-0.39, 0.29) is 0 Å². The van der Waals surface area contributed by atoms with Gasteiger partial charge in [0.1, 0.15) is 18.0 Å². The quantitative estimate of drug-likeness (QED) is 0.628. The lowest BCUT2D eigenvalue weighted by Gasteiger charge is -2.12. The van der Waals surface area contributed by atoms with E-state index in [1.165, 1.54) is 11.3 Å². The molecule has 0 fully saturated rings. The molecule has 0 spiro atoms. The van der Waals surface area contributed by atoms with Crippen LogP contribution in [-0.2, 0) is 6.54 Å². The summed E-state index contributed by atoms with van der Waals surface area (Å²) in [5.41, 5.74) is 6.51. The average Bonchev–Trinajstić information content (AvgIpc) is 2.93. The molecule has 0 N–H and O–H groups in total. The Morgan fingerprint density at radius 2 is 1.92 bits per heavy atom. The van der Waals surface area contributed by atoms with Crippen molar-refractivity contribution >= 4 is 5.65 Å². The zero-order valence-electron chi connectivity index (χ0n) is 15.4. The highest BCUT2D eigenvalue weighted by Crippen LogP contribution is 2.28. The third-order valence-electron chi connectivity index (χ3n) is 4.02. The van der Waals surface area contributed by atoms with Gasteiger partial charge in [0.05, 0.1) is 11.4 Å². The molecule has 2 heterocycles. The van der Waals surface area contributed by atoms with Crippen molar-refractivity contribution in [2.75, 3.05) is 20.7 Å². The number of aryl methyl sites for hydroxylation is 1. The van der Waals surface area contributed by atoms with Crippen LogP contribution in [-0.4, -0.2) is 35.0 Å². The van der Waals surface area contributed by atoms with E-state index < -0.39 is 0 Å². The molecule has 1 aromatic carbocycles. The summed E-state index contributed by atoms with van der Waals surface area (Å²) in [6.07, 6.45) is 2.09. The number of pyridine rings is 1. The van der Waals surface area contributed by atoms with Crippen molar-refractivity contribution in [2.24, 2.45) is 0 Å². The fourth-order valence-corrected chi connectivity index (χ4v) is 2.85. The van der Waals surface area contributed by atoms with Gasteiger partial charge in [-0.2, -0.15) is 0 Å². The van der Waals surface area contributed by atoms with Crippen LogP contribution in [0, 0.1) is 6.92 Å². The first-order valence-electron chi connectivity index (χ1n) is 8.44. The molecule has 4 heteroatoms. The van der Waals surface area contributed by atoms with Crippen LogP contribution in [0.25, 0.3) is 16.9 Å². The number of rotatable bonds is 6. The third-order valence-corrected chi connectivity index (χ3v) is 4.02. The van der Waals surface area contributed by atoms with Crippen LogP contribution in [0.4, 0.5) is 0 Å². The molecule has 0 saturated heterocycles. The normalized spacial score (nSPS) is 11.2. The number of benzene rings is 1. The number of hydrogen-bond donors (Lipinski definition) is 0. The molecule has 0 aliphatic rings. The zero-order chi connectivity index (χ0) is 18.0. The van der Waals surface area contributed by atoms with E-state index >= 15 is 0 Å².